The number of nitrogens with zero attached hydrogens (tertiary/aromatic N) is 4. The molecule has 2 fully saturated rings. The Labute approximate surface area is 182 Å². The van der Waals surface area contributed by atoms with Crippen molar-refractivity contribution in [2.24, 2.45) is 11.3 Å². The number of likely N-dealkylation sites (tertiary alicyclic amines) is 1. The number of carbonyl (C=O) groups excluding carboxylic acids is 1. The van der Waals surface area contributed by atoms with Crippen molar-refractivity contribution in [3.63, 3.8) is 0 Å². The van der Waals surface area contributed by atoms with Crippen molar-refractivity contribution in [1.82, 2.24) is 24.3 Å². The van der Waals surface area contributed by atoms with Crippen LogP contribution < -0.4 is 5.56 Å². The number of rotatable bonds is 5. The lowest BCUT2D eigenvalue weighted by Crippen LogP contribution is -2.57. The molecule has 2 aromatic heterocycles. The third-order valence-corrected chi connectivity index (χ3v) is 6.94. The van der Waals surface area contributed by atoms with Gasteiger partial charge in [0.1, 0.15) is 5.82 Å². The summed E-state index contributed by atoms with van der Waals surface area (Å²) in [5.74, 6) is 1.67. The summed E-state index contributed by atoms with van der Waals surface area (Å²) in [4.78, 5) is 38.0. The largest absolute Gasteiger partial charge is 0.379 e. The summed E-state index contributed by atoms with van der Waals surface area (Å²) < 4.78 is 7.26. The molecule has 166 valence electrons. The molecule has 2 bridgehead atoms. The minimum atomic E-state index is -0.369. The van der Waals surface area contributed by atoms with Crippen LogP contribution in [0.3, 0.4) is 0 Å². The van der Waals surface area contributed by atoms with E-state index in [-0.39, 0.29) is 22.8 Å². The molecule has 5 heterocycles. The molecule has 0 aromatic carbocycles. The standard InChI is InChI=1S/C23H31N5O3/c1-15-7-24-20(25-15)12-26(3)10-17-4-5-19-18-6-16(9-28(19)21(17)29)8-27(11-18)22(30)23(2)13-31-14-23/h4-5,7,16,18H,6,8-14H2,1-3H3,(H,24,25)/t16-,18+/m0/s1. The van der Waals surface area contributed by atoms with E-state index in [1.54, 1.807) is 0 Å². The molecular formula is C23H31N5O3. The average Bonchev–Trinajstić information content (AvgIpc) is 3.12. The van der Waals surface area contributed by atoms with Gasteiger partial charge in [0.05, 0.1) is 25.2 Å². The van der Waals surface area contributed by atoms with Crippen molar-refractivity contribution in [2.75, 3.05) is 33.4 Å². The van der Waals surface area contributed by atoms with E-state index in [2.05, 4.69) is 20.9 Å². The maximum atomic E-state index is 13.3. The van der Waals surface area contributed by atoms with Crippen LogP contribution >= 0.6 is 0 Å². The number of H-pyrrole nitrogens is 1. The molecule has 0 spiro atoms. The van der Waals surface area contributed by atoms with Crippen molar-refractivity contribution in [3.8, 4) is 0 Å². The van der Waals surface area contributed by atoms with E-state index in [4.69, 9.17) is 4.74 Å². The SMILES string of the molecule is Cc1cnc(CN(C)Cc2ccc3n(c2=O)C[C@H]2C[C@@H]3CN(C(=O)C3(C)COC3)C2)[nH]1. The fraction of sp³-hybridized carbons (Fsp3) is 0.609. The van der Waals surface area contributed by atoms with Gasteiger partial charge >= 0.3 is 0 Å². The Kier molecular flexibility index (Phi) is 5.01. The summed E-state index contributed by atoms with van der Waals surface area (Å²) in [5, 5.41) is 0. The number of amides is 1. The molecule has 0 unspecified atom stereocenters. The molecule has 0 radical (unpaired) electrons. The van der Waals surface area contributed by atoms with E-state index in [9.17, 15) is 9.59 Å². The van der Waals surface area contributed by atoms with Gasteiger partial charge in [-0.25, -0.2) is 4.98 Å². The van der Waals surface area contributed by atoms with Gasteiger partial charge in [-0.1, -0.05) is 6.07 Å². The molecule has 0 aliphatic carbocycles. The number of aromatic amines is 1. The van der Waals surface area contributed by atoms with Gasteiger partial charge in [-0.2, -0.15) is 0 Å². The van der Waals surface area contributed by atoms with Crippen molar-refractivity contribution in [3.05, 3.63) is 51.5 Å². The number of aromatic nitrogens is 3. The number of carbonyl (C=O) groups is 1. The first-order valence-corrected chi connectivity index (χ1v) is 11.1. The summed E-state index contributed by atoms with van der Waals surface area (Å²) in [6, 6.07) is 4.07. The summed E-state index contributed by atoms with van der Waals surface area (Å²) in [5.41, 5.74) is 2.65. The van der Waals surface area contributed by atoms with Crippen LogP contribution in [0.25, 0.3) is 0 Å². The van der Waals surface area contributed by atoms with E-state index < -0.39 is 0 Å². The number of imidazole rings is 1. The van der Waals surface area contributed by atoms with Crippen LogP contribution in [0.2, 0.25) is 0 Å². The van der Waals surface area contributed by atoms with Crippen LogP contribution in [0.1, 0.15) is 42.0 Å². The maximum absolute atomic E-state index is 13.3. The number of hydrogen-bond donors (Lipinski definition) is 1. The van der Waals surface area contributed by atoms with Gasteiger partial charge in [-0.15, -0.1) is 0 Å². The zero-order valence-corrected chi connectivity index (χ0v) is 18.6. The van der Waals surface area contributed by atoms with Crippen molar-refractivity contribution < 1.29 is 9.53 Å². The van der Waals surface area contributed by atoms with Gasteiger partial charge in [0.2, 0.25) is 5.91 Å². The van der Waals surface area contributed by atoms with Crippen LogP contribution in [-0.2, 0) is 29.2 Å². The van der Waals surface area contributed by atoms with Crippen molar-refractivity contribution in [1.29, 1.82) is 0 Å². The second kappa shape index (κ2) is 7.60. The Morgan fingerprint density at radius 1 is 1.29 bits per heavy atom. The highest BCUT2D eigenvalue weighted by Crippen LogP contribution is 2.38. The minimum Gasteiger partial charge on any atom is -0.379 e. The molecule has 2 aromatic rings. The Hall–Kier alpha value is -2.45. The fourth-order valence-electron chi connectivity index (χ4n) is 5.34. The third-order valence-electron chi connectivity index (χ3n) is 6.94. The van der Waals surface area contributed by atoms with Crippen LogP contribution in [0, 0.1) is 18.3 Å². The number of pyridine rings is 1. The summed E-state index contributed by atoms with van der Waals surface area (Å²) in [6.07, 6.45) is 2.87. The lowest BCUT2D eigenvalue weighted by atomic mass is 9.80. The molecule has 2 atom stereocenters. The quantitative estimate of drug-likeness (QED) is 0.785. The van der Waals surface area contributed by atoms with Gasteiger partial charge in [0, 0.05) is 55.2 Å². The van der Waals surface area contributed by atoms with E-state index in [0.717, 1.165) is 35.7 Å². The first kappa shape index (κ1) is 20.5. The number of ether oxygens (including phenoxy) is 1. The Bertz CT molecular complexity index is 1050. The van der Waals surface area contributed by atoms with Crippen molar-refractivity contribution >= 4 is 5.91 Å². The highest BCUT2D eigenvalue weighted by atomic mass is 16.5. The lowest BCUT2D eigenvalue weighted by Gasteiger charge is -2.47. The molecule has 0 saturated carbocycles. The fourth-order valence-corrected chi connectivity index (χ4v) is 5.34. The Morgan fingerprint density at radius 2 is 2.10 bits per heavy atom. The lowest BCUT2D eigenvalue weighted by molar-refractivity contribution is -0.171. The summed E-state index contributed by atoms with van der Waals surface area (Å²) >= 11 is 0. The molecule has 8 heteroatoms. The van der Waals surface area contributed by atoms with Gasteiger partial charge < -0.3 is 19.2 Å². The number of hydrogen-bond acceptors (Lipinski definition) is 5. The molecule has 8 nitrogen and oxygen atoms in total. The van der Waals surface area contributed by atoms with E-state index in [1.165, 1.54) is 0 Å². The van der Waals surface area contributed by atoms with Crippen LogP contribution in [0.15, 0.2) is 23.1 Å². The Balaban J connectivity index is 1.32. The van der Waals surface area contributed by atoms with Gasteiger partial charge in [-0.3, -0.25) is 14.5 Å². The first-order chi connectivity index (χ1) is 14.8. The molecule has 5 rings (SSSR count). The minimum absolute atomic E-state index is 0.105. The topological polar surface area (TPSA) is 83.5 Å². The monoisotopic (exact) mass is 425 g/mol. The number of fused-ring (bicyclic) bond motifs is 4. The normalized spacial score (nSPS) is 24.1. The van der Waals surface area contributed by atoms with Crippen LogP contribution in [-0.4, -0.2) is 63.6 Å². The van der Waals surface area contributed by atoms with Gasteiger partial charge in [0.25, 0.3) is 5.56 Å². The molecular weight excluding hydrogens is 394 g/mol. The Morgan fingerprint density at radius 3 is 2.77 bits per heavy atom. The zero-order valence-electron chi connectivity index (χ0n) is 18.6. The highest BCUT2D eigenvalue weighted by molar-refractivity contribution is 5.83. The highest BCUT2D eigenvalue weighted by Gasteiger charge is 2.46. The smallest absolute Gasteiger partial charge is 0.255 e. The van der Waals surface area contributed by atoms with E-state index in [1.807, 2.05) is 42.6 Å². The van der Waals surface area contributed by atoms with Crippen LogP contribution in [0.4, 0.5) is 0 Å². The zero-order chi connectivity index (χ0) is 21.8. The predicted molar refractivity (Wildman–Crippen MR) is 116 cm³/mol. The van der Waals surface area contributed by atoms with Crippen molar-refractivity contribution in [2.45, 2.75) is 45.8 Å². The van der Waals surface area contributed by atoms with Gasteiger partial charge in [0.15, 0.2) is 0 Å². The molecule has 31 heavy (non-hydrogen) atoms. The van der Waals surface area contributed by atoms with E-state index >= 15 is 0 Å². The molecule has 3 aliphatic heterocycles. The molecule has 3 aliphatic rings. The molecule has 1 N–H and O–H groups in total. The number of aryl methyl sites for hydroxylation is 1. The van der Waals surface area contributed by atoms with Crippen LogP contribution in [0.5, 0.6) is 0 Å². The third kappa shape index (κ3) is 3.72. The van der Waals surface area contributed by atoms with E-state index in [0.29, 0.717) is 45.3 Å². The maximum Gasteiger partial charge on any atom is 0.255 e. The first-order valence-electron chi connectivity index (χ1n) is 11.1. The average molecular weight is 426 g/mol. The predicted octanol–water partition coefficient (Wildman–Crippen LogP) is 1.49. The molecule has 1 amide bonds. The second-order valence-corrected chi connectivity index (χ2v) is 9.95. The second-order valence-electron chi connectivity index (χ2n) is 9.95. The number of piperidine rings is 1. The summed E-state index contributed by atoms with van der Waals surface area (Å²) in [7, 11) is 2.00. The number of nitrogens with one attached hydrogen (secondary N) is 1. The van der Waals surface area contributed by atoms with Gasteiger partial charge in [-0.05, 0) is 39.3 Å². The summed E-state index contributed by atoms with van der Waals surface area (Å²) in [6.45, 7) is 8.38. The molecule has 2 saturated heterocycles.